The number of aromatic nitrogens is 2. The molecular weight excluding hydrogens is 313 g/mol. The molecule has 5 heteroatoms. The van der Waals surface area contributed by atoms with Gasteiger partial charge in [-0.2, -0.15) is 0 Å². The van der Waals surface area contributed by atoms with Gasteiger partial charge in [-0.25, -0.2) is 9.37 Å². The smallest absolute Gasteiger partial charge is 0.215 e. The topological polar surface area (TPSA) is 21.1 Å². The number of anilines is 2. The predicted molar refractivity (Wildman–Crippen MR) is 93.0 cm³/mol. The Kier molecular flexibility index (Phi) is 3.75. The van der Waals surface area contributed by atoms with Crippen LogP contribution in [-0.2, 0) is 12.0 Å². The fraction of sp³-hybridized carbons (Fsp3) is 0.389. The van der Waals surface area contributed by atoms with Crippen LogP contribution in [0.4, 0.5) is 16.0 Å². The summed E-state index contributed by atoms with van der Waals surface area (Å²) in [6.45, 7) is 12.5. The van der Waals surface area contributed by atoms with Crippen molar-refractivity contribution in [3.05, 3.63) is 52.7 Å². The van der Waals surface area contributed by atoms with E-state index in [-0.39, 0.29) is 16.4 Å². The van der Waals surface area contributed by atoms with E-state index < -0.39 is 0 Å². The first-order valence-corrected chi connectivity index (χ1v) is 8.25. The van der Waals surface area contributed by atoms with Crippen LogP contribution in [0.2, 0.25) is 5.02 Å². The van der Waals surface area contributed by atoms with Gasteiger partial charge in [-0.15, -0.1) is 0 Å². The van der Waals surface area contributed by atoms with E-state index in [0.29, 0.717) is 12.0 Å². The molecule has 0 N–H and O–H groups in total. The summed E-state index contributed by atoms with van der Waals surface area (Å²) in [5.74, 6) is 0.460. The van der Waals surface area contributed by atoms with Crippen molar-refractivity contribution >= 4 is 23.2 Å². The van der Waals surface area contributed by atoms with Crippen molar-refractivity contribution < 1.29 is 4.39 Å². The van der Waals surface area contributed by atoms with Crippen molar-refractivity contribution in [2.24, 2.45) is 0 Å². The first kappa shape index (κ1) is 16.1. The number of hydrogen-bond donors (Lipinski definition) is 0. The van der Waals surface area contributed by atoms with Gasteiger partial charge in [0.05, 0.1) is 22.4 Å². The third kappa shape index (κ3) is 2.12. The number of aryl methyl sites for hydroxylation is 2. The first-order chi connectivity index (χ1) is 10.8. The largest absolute Gasteiger partial charge is 0.303 e. The molecule has 0 amide bonds. The summed E-state index contributed by atoms with van der Waals surface area (Å²) >= 11 is 6.10. The van der Waals surface area contributed by atoms with Crippen LogP contribution >= 0.6 is 11.6 Å². The van der Waals surface area contributed by atoms with E-state index >= 15 is 0 Å². The van der Waals surface area contributed by atoms with Crippen molar-refractivity contribution in [1.82, 2.24) is 9.55 Å². The molecular formula is C18H21ClFN3. The summed E-state index contributed by atoms with van der Waals surface area (Å²) in [7, 11) is 0. The van der Waals surface area contributed by atoms with Crippen LogP contribution in [0.15, 0.2) is 30.6 Å². The maximum absolute atomic E-state index is 14.1. The van der Waals surface area contributed by atoms with Crippen LogP contribution in [0.1, 0.15) is 38.4 Å². The summed E-state index contributed by atoms with van der Waals surface area (Å²) in [6.07, 6.45) is 3.33. The Morgan fingerprint density at radius 1 is 1.35 bits per heavy atom. The van der Waals surface area contributed by atoms with Crippen LogP contribution in [0, 0.1) is 12.7 Å². The molecule has 1 aliphatic heterocycles. The molecule has 23 heavy (non-hydrogen) atoms. The summed E-state index contributed by atoms with van der Waals surface area (Å²) in [5.41, 5.74) is 3.17. The summed E-state index contributed by atoms with van der Waals surface area (Å²) in [4.78, 5) is 6.53. The van der Waals surface area contributed by atoms with Crippen molar-refractivity contribution in [3.8, 4) is 0 Å². The molecule has 1 atom stereocenters. The van der Waals surface area contributed by atoms with Crippen LogP contribution in [-0.4, -0.2) is 9.55 Å². The molecule has 1 aromatic heterocycles. The Labute approximate surface area is 141 Å². The quantitative estimate of drug-likeness (QED) is 0.756. The van der Waals surface area contributed by atoms with Gasteiger partial charge in [0, 0.05) is 11.4 Å². The molecule has 0 saturated heterocycles. The maximum atomic E-state index is 14.1. The molecule has 0 spiro atoms. The van der Waals surface area contributed by atoms with Crippen LogP contribution < -0.4 is 4.90 Å². The molecule has 0 radical (unpaired) electrons. The van der Waals surface area contributed by atoms with Gasteiger partial charge in [-0.1, -0.05) is 32.0 Å². The molecule has 0 saturated carbocycles. The molecule has 3 nitrogen and oxygen atoms in total. The molecule has 0 aliphatic carbocycles. The highest BCUT2D eigenvalue weighted by Crippen LogP contribution is 2.48. The molecule has 1 aliphatic rings. The number of halogens is 2. The number of rotatable bonds is 3. The molecule has 122 valence electrons. The average molecular weight is 334 g/mol. The standard InChI is InChI=1S/C18H21ClFN3/c1-6-13-8-14(9-15(19)16(13)20)22-12(4)18(5,7-2)23-11(3)10-21-17(22)23/h8-10H,4,6-7H2,1-3,5H3. The fourth-order valence-electron chi connectivity index (χ4n) is 3.33. The van der Waals surface area contributed by atoms with Gasteiger partial charge in [0.2, 0.25) is 5.95 Å². The monoisotopic (exact) mass is 333 g/mol. The Balaban J connectivity index is 2.22. The normalized spacial score (nSPS) is 20.3. The van der Waals surface area contributed by atoms with Gasteiger partial charge in [0.1, 0.15) is 5.82 Å². The zero-order valence-corrected chi connectivity index (χ0v) is 14.7. The second-order valence-corrected chi connectivity index (χ2v) is 6.61. The van der Waals surface area contributed by atoms with E-state index in [1.165, 1.54) is 0 Å². The highest BCUT2D eigenvalue weighted by molar-refractivity contribution is 6.31. The Morgan fingerprint density at radius 3 is 2.65 bits per heavy atom. The number of allylic oxidation sites excluding steroid dienone is 1. The Bertz CT molecular complexity index is 796. The highest BCUT2D eigenvalue weighted by atomic mass is 35.5. The number of nitrogens with zero attached hydrogens (tertiary/aromatic N) is 3. The summed E-state index contributed by atoms with van der Waals surface area (Å²) < 4.78 is 16.3. The minimum Gasteiger partial charge on any atom is -0.303 e. The second-order valence-electron chi connectivity index (χ2n) is 6.20. The van der Waals surface area contributed by atoms with Crippen molar-refractivity contribution in [2.45, 2.75) is 46.1 Å². The third-order valence-corrected chi connectivity index (χ3v) is 5.20. The molecule has 1 unspecified atom stereocenters. The lowest BCUT2D eigenvalue weighted by atomic mass is 9.95. The lowest BCUT2D eigenvalue weighted by molar-refractivity contribution is 0.393. The molecule has 2 heterocycles. The Morgan fingerprint density at radius 2 is 2.04 bits per heavy atom. The second kappa shape index (κ2) is 5.38. The van der Waals surface area contributed by atoms with Crippen LogP contribution in [0.5, 0.6) is 0 Å². The lowest BCUT2D eigenvalue weighted by Crippen LogP contribution is -2.29. The molecule has 3 rings (SSSR count). The molecule has 1 aromatic carbocycles. The highest BCUT2D eigenvalue weighted by Gasteiger charge is 2.43. The van der Waals surface area contributed by atoms with E-state index in [0.717, 1.165) is 29.4 Å². The van der Waals surface area contributed by atoms with Crippen molar-refractivity contribution in [1.29, 1.82) is 0 Å². The SMILES string of the molecule is C=C1N(c2cc(Cl)c(F)c(CC)c2)c2ncc(C)n2C1(C)CC. The van der Waals surface area contributed by atoms with Gasteiger partial charge in [-0.3, -0.25) is 4.90 Å². The van der Waals surface area contributed by atoms with Crippen molar-refractivity contribution in [2.75, 3.05) is 4.90 Å². The van der Waals surface area contributed by atoms with Crippen LogP contribution in [0.25, 0.3) is 0 Å². The minimum atomic E-state index is -0.347. The van der Waals surface area contributed by atoms with Gasteiger partial charge in [0.15, 0.2) is 0 Å². The van der Waals surface area contributed by atoms with E-state index in [1.807, 2.05) is 31.0 Å². The average Bonchev–Trinajstić information content (AvgIpc) is 3.01. The number of imidazole rings is 1. The van der Waals surface area contributed by atoms with Crippen LogP contribution in [0.3, 0.4) is 0 Å². The predicted octanol–water partition coefficient (Wildman–Crippen LogP) is 5.34. The fourth-order valence-corrected chi connectivity index (χ4v) is 3.57. The first-order valence-electron chi connectivity index (χ1n) is 7.87. The van der Waals surface area contributed by atoms with Gasteiger partial charge >= 0.3 is 0 Å². The Hall–Kier alpha value is -1.81. The van der Waals surface area contributed by atoms with E-state index in [2.05, 4.69) is 30.0 Å². The third-order valence-electron chi connectivity index (χ3n) is 4.92. The number of benzene rings is 1. The molecule has 2 aromatic rings. The lowest BCUT2D eigenvalue weighted by Gasteiger charge is -2.29. The summed E-state index contributed by atoms with van der Waals surface area (Å²) in [5, 5.41) is 0.132. The van der Waals surface area contributed by atoms with Gasteiger partial charge in [0.25, 0.3) is 0 Å². The number of hydrogen-bond acceptors (Lipinski definition) is 2. The minimum absolute atomic E-state index is 0.132. The number of fused-ring (bicyclic) bond motifs is 1. The zero-order valence-electron chi connectivity index (χ0n) is 14.0. The zero-order chi connectivity index (χ0) is 16.9. The van der Waals surface area contributed by atoms with Crippen molar-refractivity contribution in [3.63, 3.8) is 0 Å². The molecule has 0 bridgehead atoms. The van der Waals surface area contributed by atoms with E-state index in [1.54, 1.807) is 6.07 Å². The van der Waals surface area contributed by atoms with E-state index in [9.17, 15) is 4.39 Å². The maximum Gasteiger partial charge on any atom is 0.215 e. The molecule has 0 fully saturated rings. The van der Waals surface area contributed by atoms with Gasteiger partial charge < -0.3 is 4.57 Å². The summed E-state index contributed by atoms with van der Waals surface area (Å²) in [6, 6.07) is 3.49. The van der Waals surface area contributed by atoms with E-state index in [4.69, 9.17) is 11.6 Å². The van der Waals surface area contributed by atoms with Gasteiger partial charge in [-0.05, 0) is 44.4 Å².